The van der Waals surface area contributed by atoms with Crippen LogP contribution in [0.15, 0.2) is 12.5 Å². The van der Waals surface area contributed by atoms with E-state index in [4.69, 9.17) is 0 Å². The maximum absolute atomic E-state index is 4.43. The minimum absolute atomic E-state index is 0.475. The van der Waals surface area contributed by atoms with Gasteiger partial charge in [0.1, 0.15) is 0 Å². The second kappa shape index (κ2) is 7.95. The Morgan fingerprint density at radius 2 is 2.19 bits per heavy atom. The number of nitrogens with one attached hydrogen (secondary N) is 1. The lowest BCUT2D eigenvalue weighted by atomic mass is 9.92. The van der Waals surface area contributed by atoms with Gasteiger partial charge < -0.3 is 9.88 Å². The lowest BCUT2D eigenvalue weighted by molar-refractivity contribution is 0.179. The number of imidazole rings is 1. The van der Waals surface area contributed by atoms with Crippen molar-refractivity contribution in [2.24, 2.45) is 5.92 Å². The van der Waals surface area contributed by atoms with E-state index in [0.29, 0.717) is 18.0 Å². The van der Waals surface area contributed by atoms with Crippen LogP contribution in [0.2, 0.25) is 0 Å². The summed E-state index contributed by atoms with van der Waals surface area (Å²) in [5, 5.41) is 3.64. The van der Waals surface area contributed by atoms with Crippen molar-refractivity contribution < 1.29 is 0 Å². The van der Waals surface area contributed by atoms with Gasteiger partial charge in [0.15, 0.2) is 0 Å². The second-order valence-electron chi connectivity index (χ2n) is 6.70. The van der Waals surface area contributed by atoms with Crippen LogP contribution < -0.4 is 5.32 Å². The third-order valence-corrected chi connectivity index (χ3v) is 4.65. The van der Waals surface area contributed by atoms with Crippen molar-refractivity contribution in [1.82, 2.24) is 19.8 Å². The molecule has 0 bridgehead atoms. The van der Waals surface area contributed by atoms with E-state index in [1.54, 1.807) is 0 Å². The van der Waals surface area contributed by atoms with Crippen molar-refractivity contribution in [3.63, 3.8) is 0 Å². The van der Waals surface area contributed by atoms with Crippen LogP contribution in [0.4, 0.5) is 0 Å². The smallest absolute Gasteiger partial charge is 0.0951 e. The van der Waals surface area contributed by atoms with Crippen LogP contribution in [-0.2, 0) is 0 Å². The van der Waals surface area contributed by atoms with E-state index in [0.717, 1.165) is 13.1 Å². The molecule has 2 unspecified atom stereocenters. The molecule has 1 fully saturated rings. The Morgan fingerprint density at radius 3 is 2.90 bits per heavy atom. The highest BCUT2D eigenvalue weighted by molar-refractivity contribution is 5.09. The first-order chi connectivity index (χ1) is 10.1. The zero-order valence-electron chi connectivity index (χ0n) is 14.2. The summed E-state index contributed by atoms with van der Waals surface area (Å²) in [6.45, 7) is 10.1. The molecule has 2 atom stereocenters. The molecule has 1 aliphatic heterocycles. The number of hydrogen-bond acceptors (Lipinski definition) is 3. The van der Waals surface area contributed by atoms with Crippen molar-refractivity contribution in [1.29, 1.82) is 0 Å². The summed E-state index contributed by atoms with van der Waals surface area (Å²) in [6.07, 6.45) is 9.25. The fraction of sp³-hybridized carbons (Fsp3) is 0.824. The fourth-order valence-electron chi connectivity index (χ4n) is 3.55. The van der Waals surface area contributed by atoms with Crippen LogP contribution in [0.25, 0.3) is 0 Å². The molecular formula is C17H32N4. The summed E-state index contributed by atoms with van der Waals surface area (Å²) in [6, 6.07) is 0.963. The quantitative estimate of drug-likeness (QED) is 0.817. The predicted molar refractivity (Wildman–Crippen MR) is 88.5 cm³/mol. The first-order valence-corrected chi connectivity index (χ1v) is 8.57. The van der Waals surface area contributed by atoms with Crippen LogP contribution in [0.3, 0.4) is 0 Å². The Balaban J connectivity index is 2.21. The summed E-state index contributed by atoms with van der Waals surface area (Å²) in [4.78, 5) is 6.97. The largest absolute Gasteiger partial charge is 0.331 e. The third-order valence-electron chi connectivity index (χ3n) is 4.65. The minimum Gasteiger partial charge on any atom is -0.331 e. The van der Waals surface area contributed by atoms with Crippen molar-refractivity contribution in [2.45, 2.75) is 58.5 Å². The number of nitrogens with zero attached hydrogens (tertiary/aromatic N) is 3. The van der Waals surface area contributed by atoms with E-state index in [1.165, 1.54) is 37.9 Å². The van der Waals surface area contributed by atoms with Gasteiger partial charge >= 0.3 is 0 Å². The molecule has 1 aliphatic rings. The summed E-state index contributed by atoms with van der Waals surface area (Å²) >= 11 is 0. The molecular weight excluding hydrogens is 260 g/mol. The number of likely N-dealkylation sites (tertiary alicyclic amines) is 1. The van der Waals surface area contributed by atoms with Gasteiger partial charge in [-0.2, -0.15) is 0 Å². The van der Waals surface area contributed by atoms with Gasteiger partial charge in [-0.3, -0.25) is 4.90 Å². The van der Waals surface area contributed by atoms with E-state index >= 15 is 0 Å². The van der Waals surface area contributed by atoms with Crippen molar-refractivity contribution in [3.05, 3.63) is 18.2 Å². The SMILES string of the molecule is CCCNCC1CCCCN(C)C1c1cncn1C(C)C. The summed E-state index contributed by atoms with van der Waals surface area (Å²) in [7, 11) is 2.28. The van der Waals surface area contributed by atoms with Crippen LogP contribution in [0.5, 0.6) is 0 Å². The molecule has 4 nitrogen and oxygen atoms in total. The molecule has 1 saturated heterocycles. The monoisotopic (exact) mass is 292 g/mol. The van der Waals surface area contributed by atoms with Crippen molar-refractivity contribution in [2.75, 3.05) is 26.7 Å². The highest BCUT2D eigenvalue weighted by Crippen LogP contribution is 2.34. The maximum Gasteiger partial charge on any atom is 0.0951 e. The first-order valence-electron chi connectivity index (χ1n) is 8.57. The third kappa shape index (κ3) is 4.07. The maximum atomic E-state index is 4.43. The van der Waals surface area contributed by atoms with Gasteiger partial charge in [-0.15, -0.1) is 0 Å². The topological polar surface area (TPSA) is 33.1 Å². The van der Waals surface area contributed by atoms with E-state index in [1.807, 2.05) is 6.33 Å². The number of rotatable bonds is 6. The van der Waals surface area contributed by atoms with E-state index in [2.05, 4.69) is 53.8 Å². The molecule has 1 aromatic heterocycles. The van der Waals surface area contributed by atoms with Gasteiger partial charge in [-0.25, -0.2) is 4.98 Å². The number of hydrogen-bond donors (Lipinski definition) is 1. The van der Waals surface area contributed by atoms with Crippen LogP contribution in [0.1, 0.15) is 64.2 Å². The van der Waals surface area contributed by atoms with Gasteiger partial charge in [-0.05, 0) is 65.7 Å². The lowest BCUT2D eigenvalue weighted by Crippen LogP contribution is -2.36. The lowest BCUT2D eigenvalue weighted by Gasteiger charge is -2.33. The van der Waals surface area contributed by atoms with Crippen LogP contribution >= 0.6 is 0 Å². The van der Waals surface area contributed by atoms with Crippen molar-refractivity contribution in [3.8, 4) is 0 Å². The molecule has 2 heterocycles. The molecule has 1 N–H and O–H groups in total. The standard InChI is InChI=1S/C17H32N4/c1-5-9-18-11-15-8-6-7-10-20(4)17(15)16-12-19-13-21(16)14(2)3/h12-15,17-18H,5-11H2,1-4H3. The highest BCUT2D eigenvalue weighted by atomic mass is 15.2. The Hall–Kier alpha value is -0.870. The molecule has 0 amide bonds. The van der Waals surface area contributed by atoms with Crippen molar-refractivity contribution >= 4 is 0 Å². The van der Waals surface area contributed by atoms with E-state index in [-0.39, 0.29) is 0 Å². The van der Waals surface area contributed by atoms with Gasteiger partial charge in [0.2, 0.25) is 0 Å². The zero-order chi connectivity index (χ0) is 15.2. The molecule has 1 aromatic rings. The van der Waals surface area contributed by atoms with E-state index in [9.17, 15) is 0 Å². The minimum atomic E-state index is 0.475. The summed E-state index contributed by atoms with van der Waals surface area (Å²) in [5.41, 5.74) is 1.39. The normalized spacial score (nSPS) is 24.4. The molecule has 0 aliphatic carbocycles. The van der Waals surface area contributed by atoms with Gasteiger partial charge in [0, 0.05) is 12.2 Å². The average Bonchev–Trinajstić information content (AvgIpc) is 2.85. The molecule has 0 spiro atoms. The summed E-state index contributed by atoms with van der Waals surface area (Å²) < 4.78 is 2.35. The van der Waals surface area contributed by atoms with Crippen LogP contribution in [0, 0.1) is 5.92 Å². The van der Waals surface area contributed by atoms with Crippen LogP contribution in [-0.4, -0.2) is 41.1 Å². The molecule has 4 heteroatoms. The van der Waals surface area contributed by atoms with Gasteiger partial charge in [0.05, 0.1) is 18.1 Å². The molecule has 0 aromatic carbocycles. The second-order valence-corrected chi connectivity index (χ2v) is 6.70. The van der Waals surface area contributed by atoms with E-state index < -0.39 is 0 Å². The Bertz CT molecular complexity index is 413. The first kappa shape index (κ1) is 16.5. The molecule has 120 valence electrons. The molecule has 0 saturated carbocycles. The number of aromatic nitrogens is 2. The average molecular weight is 292 g/mol. The van der Waals surface area contributed by atoms with Gasteiger partial charge in [0.25, 0.3) is 0 Å². The Kier molecular flexibility index (Phi) is 6.24. The zero-order valence-corrected chi connectivity index (χ0v) is 14.2. The highest BCUT2D eigenvalue weighted by Gasteiger charge is 2.31. The fourth-order valence-corrected chi connectivity index (χ4v) is 3.55. The Labute approximate surface area is 129 Å². The van der Waals surface area contributed by atoms with Gasteiger partial charge in [-0.1, -0.05) is 13.3 Å². The molecule has 21 heavy (non-hydrogen) atoms. The molecule has 0 radical (unpaired) electrons. The Morgan fingerprint density at radius 1 is 1.38 bits per heavy atom. The summed E-state index contributed by atoms with van der Waals surface area (Å²) in [5.74, 6) is 0.679. The molecule has 2 rings (SSSR count). The predicted octanol–water partition coefficient (Wildman–Crippen LogP) is 3.24.